The molecule has 0 aliphatic carbocycles. The number of rotatable bonds is 0. The smallest absolute Gasteiger partial charge is 0.295 e. The fourth-order valence-corrected chi connectivity index (χ4v) is 2.22. The number of nitrogens with two attached hydrogens (primary N) is 1. The number of allylic oxidation sites excluding steroid dienone is 1. The van der Waals surface area contributed by atoms with Crippen molar-refractivity contribution in [3.8, 4) is 0 Å². The average Bonchev–Trinajstić information content (AvgIpc) is 1.91. The van der Waals surface area contributed by atoms with Crippen molar-refractivity contribution in [3.63, 3.8) is 0 Å². The highest BCUT2D eigenvalue weighted by Gasteiger charge is 2.40. The van der Waals surface area contributed by atoms with Crippen molar-refractivity contribution in [2.24, 2.45) is 5.73 Å². The van der Waals surface area contributed by atoms with Gasteiger partial charge in [0.2, 0.25) is 0 Å². The van der Waals surface area contributed by atoms with E-state index in [1.807, 2.05) is 0 Å². The Morgan fingerprint density at radius 3 is 2.00 bits per heavy atom. The van der Waals surface area contributed by atoms with Crippen molar-refractivity contribution in [2.45, 2.75) is 26.4 Å². The summed E-state index contributed by atoms with van der Waals surface area (Å²) >= 11 is 0. The van der Waals surface area contributed by atoms with Crippen LogP contribution >= 0.6 is 0 Å². The molecule has 0 aromatic carbocycles. The van der Waals surface area contributed by atoms with Crippen LogP contribution in [0, 0.1) is 0 Å². The molecule has 1 rings (SSSR count). The predicted octanol–water partition coefficient (Wildman–Crippen LogP) is 0.315. The van der Waals surface area contributed by atoms with Crippen molar-refractivity contribution < 1.29 is 12.6 Å². The summed E-state index contributed by atoms with van der Waals surface area (Å²) in [5.41, 5.74) is 4.92. The second-order valence-electron chi connectivity index (χ2n) is 3.02. The molecule has 5 heteroatoms. The Labute approximate surface area is 66.2 Å². The fraction of sp³-hybridized carbons (Fsp3) is 0.667. The van der Waals surface area contributed by atoms with Crippen LogP contribution in [0.1, 0.15) is 20.8 Å². The first-order valence-electron chi connectivity index (χ1n) is 3.20. The van der Waals surface area contributed by atoms with E-state index in [1.165, 1.54) is 6.92 Å². The van der Waals surface area contributed by atoms with Gasteiger partial charge in [0.25, 0.3) is 10.1 Å². The van der Waals surface area contributed by atoms with Crippen molar-refractivity contribution in [2.75, 3.05) is 0 Å². The van der Waals surface area contributed by atoms with E-state index >= 15 is 0 Å². The lowest BCUT2D eigenvalue weighted by atomic mass is 10.1. The molecule has 64 valence electrons. The third-order valence-corrected chi connectivity index (χ3v) is 3.33. The van der Waals surface area contributed by atoms with Gasteiger partial charge in [0.15, 0.2) is 0 Å². The zero-order valence-corrected chi connectivity index (χ0v) is 7.53. The molecule has 0 aromatic heterocycles. The lowest BCUT2D eigenvalue weighted by Crippen LogP contribution is -2.27. The second-order valence-corrected chi connectivity index (χ2v) is 4.70. The Hall–Kier alpha value is -0.550. The van der Waals surface area contributed by atoms with Crippen LogP contribution < -0.4 is 5.73 Å². The fourth-order valence-electron chi connectivity index (χ4n) is 0.940. The van der Waals surface area contributed by atoms with E-state index in [4.69, 9.17) is 9.92 Å². The molecule has 0 saturated heterocycles. The molecule has 4 nitrogen and oxygen atoms in total. The van der Waals surface area contributed by atoms with Gasteiger partial charge in [0.05, 0.1) is 10.6 Å². The maximum absolute atomic E-state index is 11.0. The van der Waals surface area contributed by atoms with Crippen LogP contribution in [0.5, 0.6) is 0 Å². The van der Waals surface area contributed by atoms with E-state index in [1.54, 1.807) is 13.8 Å². The Kier molecular flexibility index (Phi) is 1.54. The highest BCUT2D eigenvalue weighted by Crippen LogP contribution is 2.33. The molecular formula is C6H11NO3S. The van der Waals surface area contributed by atoms with E-state index in [9.17, 15) is 8.42 Å². The molecule has 0 atom stereocenters. The minimum Gasteiger partial charge on any atom is -0.399 e. The predicted molar refractivity (Wildman–Crippen MR) is 41.0 cm³/mol. The Morgan fingerprint density at radius 1 is 1.45 bits per heavy atom. The SMILES string of the molecule is CC1=C(N)C(C)(C)OS1(=O)=O. The largest absolute Gasteiger partial charge is 0.399 e. The molecule has 0 fully saturated rings. The van der Waals surface area contributed by atoms with E-state index < -0.39 is 15.7 Å². The van der Waals surface area contributed by atoms with Gasteiger partial charge in [-0.05, 0) is 20.8 Å². The van der Waals surface area contributed by atoms with Crippen LogP contribution in [0.2, 0.25) is 0 Å². The van der Waals surface area contributed by atoms with E-state index in [-0.39, 0.29) is 10.6 Å². The molecule has 1 aliphatic heterocycles. The summed E-state index contributed by atoms with van der Waals surface area (Å²) in [5, 5.41) is 0. The van der Waals surface area contributed by atoms with E-state index in [0.717, 1.165) is 0 Å². The maximum Gasteiger partial charge on any atom is 0.295 e. The van der Waals surface area contributed by atoms with Crippen LogP contribution in [0.3, 0.4) is 0 Å². The van der Waals surface area contributed by atoms with Gasteiger partial charge in [0, 0.05) is 0 Å². The second kappa shape index (κ2) is 1.98. The summed E-state index contributed by atoms with van der Waals surface area (Å²) in [6.45, 7) is 4.69. The van der Waals surface area contributed by atoms with Gasteiger partial charge in [-0.3, -0.25) is 4.18 Å². The molecule has 0 amide bonds. The zero-order chi connectivity index (χ0) is 8.86. The molecule has 1 aliphatic rings. The number of hydrogen-bond acceptors (Lipinski definition) is 4. The summed E-state index contributed by atoms with van der Waals surface area (Å²) in [7, 11) is -3.53. The van der Waals surface area contributed by atoms with E-state index in [0.29, 0.717) is 0 Å². The molecule has 2 N–H and O–H groups in total. The van der Waals surface area contributed by atoms with Gasteiger partial charge in [-0.25, -0.2) is 0 Å². The minimum absolute atomic E-state index is 0.127. The highest BCUT2D eigenvalue weighted by molar-refractivity contribution is 7.91. The van der Waals surface area contributed by atoms with Gasteiger partial charge < -0.3 is 5.73 Å². The van der Waals surface area contributed by atoms with Gasteiger partial charge in [-0.15, -0.1) is 0 Å². The molecular weight excluding hydrogens is 166 g/mol. The van der Waals surface area contributed by atoms with Gasteiger partial charge in [-0.1, -0.05) is 0 Å². The molecule has 0 radical (unpaired) electrons. The topological polar surface area (TPSA) is 69.4 Å². The Balaban J connectivity index is 3.31. The van der Waals surface area contributed by atoms with Crippen LogP contribution in [-0.4, -0.2) is 14.0 Å². The van der Waals surface area contributed by atoms with Crippen molar-refractivity contribution in [3.05, 3.63) is 10.6 Å². The van der Waals surface area contributed by atoms with Crippen LogP contribution in [-0.2, 0) is 14.3 Å². The zero-order valence-electron chi connectivity index (χ0n) is 6.71. The summed E-state index contributed by atoms with van der Waals surface area (Å²) in [6.07, 6.45) is 0. The van der Waals surface area contributed by atoms with Crippen molar-refractivity contribution >= 4 is 10.1 Å². The number of hydrogen-bond donors (Lipinski definition) is 1. The maximum atomic E-state index is 11.0. The van der Waals surface area contributed by atoms with Crippen LogP contribution in [0.4, 0.5) is 0 Å². The first-order chi connectivity index (χ1) is 4.77. The summed E-state index contributed by atoms with van der Waals surface area (Å²) in [5.74, 6) is 0. The first kappa shape index (κ1) is 8.55. The van der Waals surface area contributed by atoms with Gasteiger partial charge in [-0.2, -0.15) is 8.42 Å². The van der Waals surface area contributed by atoms with Crippen LogP contribution in [0.15, 0.2) is 10.6 Å². The van der Waals surface area contributed by atoms with Gasteiger partial charge >= 0.3 is 0 Å². The van der Waals surface area contributed by atoms with Crippen molar-refractivity contribution in [1.82, 2.24) is 0 Å². The molecule has 0 spiro atoms. The first-order valence-corrected chi connectivity index (χ1v) is 4.61. The standard InChI is InChI=1S/C6H11NO3S/c1-4-5(7)6(2,3)10-11(4,8)9/h7H2,1-3H3. The normalized spacial score (nSPS) is 27.5. The van der Waals surface area contributed by atoms with Gasteiger partial charge in [0.1, 0.15) is 5.60 Å². The molecule has 0 saturated carbocycles. The lowest BCUT2D eigenvalue weighted by molar-refractivity contribution is 0.170. The minimum atomic E-state index is -3.53. The average molecular weight is 177 g/mol. The monoisotopic (exact) mass is 177 g/mol. The quantitative estimate of drug-likeness (QED) is 0.541. The summed E-state index contributed by atoms with van der Waals surface area (Å²) in [4.78, 5) is 0.127. The molecule has 1 heterocycles. The third kappa shape index (κ3) is 1.14. The highest BCUT2D eigenvalue weighted by atomic mass is 32.2. The lowest BCUT2D eigenvalue weighted by Gasteiger charge is -2.15. The van der Waals surface area contributed by atoms with E-state index in [2.05, 4.69) is 0 Å². The molecule has 0 bridgehead atoms. The summed E-state index contributed by atoms with van der Waals surface area (Å²) in [6, 6.07) is 0. The Bertz CT molecular complexity index is 313. The van der Waals surface area contributed by atoms with Crippen molar-refractivity contribution in [1.29, 1.82) is 0 Å². The Morgan fingerprint density at radius 2 is 1.91 bits per heavy atom. The summed E-state index contributed by atoms with van der Waals surface area (Å²) < 4.78 is 26.8. The molecule has 0 unspecified atom stereocenters. The van der Waals surface area contributed by atoms with Crippen LogP contribution in [0.25, 0.3) is 0 Å². The molecule has 0 aromatic rings. The molecule has 11 heavy (non-hydrogen) atoms. The third-order valence-electron chi connectivity index (χ3n) is 1.72.